The van der Waals surface area contributed by atoms with E-state index in [2.05, 4.69) is 20.0 Å². The van der Waals surface area contributed by atoms with E-state index < -0.39 is 10.0 Å². The van der Waals surface area contributed by atoms with Gasteiger partial charge in [-0.15, -0.1) is 0 Å². The molecular formula is C12H18ClN5O2S. The number of nitrogens with zero attached hydrogens (tertiary/aromatic N) is 2. The third-order valence-electron chi connectivity index (χ3n) is 4.23. The van der Waals surface area contributed by atoms with Gasteiger partial charge in [0.25, 0.3) is 0 Å². The Bertz CT molecular complexity index is 631. The van der Waals surface area contributed by atoms with Gasteiger partial charge in [-0.3, -0.25) is 0 Å². The number of fused-ring (bicyclic) bond motifs is 3. The molecule has 2 bridgehead atoms. The molecule has 1 aromatic heterocycles. The Morgan fingerprint density at radius 3 is 2.62 bits per heavy atom. The summed E-state index contributed by atoms with van der Waals surface area (Å²) in [6.07, 6.45) is 3.34. The molecule has 1 aromatic rings. The van der Waals surface area contributed by atoms with Crippen LogP contribution in [0.1, 0.15) is 12.8 Å². The molecule has 0 spiro atoms. The largest absolute Gasteiger partial charge is 0.307 e. The van der Waals surface area contributed by atoms with Gasteiger partial charge in [-0.1, -0.05) is 11.6 Å². The zero-order chi connectivity index (χ0) is 15.0. The number of nitrogens with one attached hydrogen (secondary N) is 2. The summed E-state index contributed by atoms with van der Waals surface area (Å²) in [5, 5.41) is 0.175. The van der Waals surface area contributed by atoms with Gasteiger partial charge < -0.3 is 10.3 Å². The molecule has 3 aliphatic rings. The summed E-state index contributed by atoms with van der Waals surface area (Å²) in [7, 11) is -3.62. The fourth-order valence-corrected chi connectivity index (χ4v) is 4.59. The maximum absolute atomic E-state index is 12.4. The van der Waals surface area contributed by atoms with Crippen molar-refractivity contribution in [2.75, 3.05) is 25.1 Å². The Balaban J connectivity index is 1.79. The SMILES string of the molecule is NNc1ncc(S(=O)(=O)NC2CN3CCC2CC3)cc1Cl. The van der Waals surface area contributed by atoms with Gasteiger partial charge >= 0.3 is 0 Å². The van der Waals surface area contributed by atoms with Crippen LogP contribution in [0.2, 0.25) is 5.02 Å². The van der Waals surface area contributed by atoms with E-state index in [0.29, 0.717) is 5.92 Å². The zero-order valence-corrected chi connectivity index (χ0v) is 13.0. The standard InChI is InChI=1S/C12H18ClN5O2S/c13-10-5-9(6-15-12(10)16-14)21(19,20)17-11-7-18-3-1-8(11)2-4-18/h5-6,8,11,17H,1-4,7,14H2,(H,15,16). The fraction of sp³-hybridized carbons (Fsp3) is 0.583. The van der Waals surface area contributed by atoms with Gasteiger partial charge in [-0.05, 0) is 37.9 Å². The number of nitrogens with two attached hydrogens (primary N) is 1. The van der Waals surface area contributed by atoms with Crippen LogP contribution in [-0.2, 0) is 10.0 Å². The molecule has 3 fully saturated rings. The van der Waals surface area contributed by atoms with E-state index in [1.807, 2.05) is 0 Å². The molecule has 9 heteroatoms. The monoisotopic (exact) mass is 331 g/mol. The summed E-state index contributed by atoms with van der Waals surface area (Å²) < 4.78 is 27.7. The number of piperidine rings is 3. The first-order chi connectivity index (χ1) is 9.99. The summed E-state index contributed by atoms with van der Waals surface area (Å²) in [5.41, 5.74) is 2.31. The van der Waals surface area contributed by atoms with Crippen molar-refractivity contribution in [3.05, 3.63) is 17.3 Å². The minimum absolute atomic E-state index is 0.0383. The van der Waals surface area contributed by atoms with Crippen LogP contribution in [0.4, 0.5) is 5.82 Å². The number of halogens is 1. The van der Waals surface area contributed by atoms with Crippen LogP contribution in [0, 0.1) is 5.92 Å². The van der Waals surface area contributed by atoms with Crippen molar-refractivity contribution in [3.63, 3.8) is 0 Å². The minimum Gasteiger partial charge on any atom is -0.307 e. The van der Waals surface area contributed by atoms with Crippen molar-refractivity contribution in [3.8, 4) is 0 Å². The van der Waals surface area contributed by atoms with E-state index in [-0.39, 0.29) is 21.8 Å². The summed E-state index contributed by atoms with van der Waals surface area (Å²) in [6, 6.07) is 1.32. The molecule has 3 aliphatic heterocycles. The number of aromatic nitrogens is 1. The van der Waals surface area contributed by atoms with Gasteiger partial charge in [0.15, 0.2) is 5.82 Å². The lowest BCUT2D eigenvalue weighted by atomic mass is 9.85. The highest BCUT2D eigenvalue weighted by Gasteiger charge is 2.36. The third-order valence-corrected chi connectivity index (χ3v) is 5.97. The second-order valence-electron chi connectivity index (χ2n) is 5.51. The van der Waals surface area contributed by atoms with E-state index in [9.17, 15) is 8.42 Å². The smallest absolute Gasteiger partial charge is 0.242 e. The second kappa shape index (κ2) is 5.69. The first-order valence-electron chi connectivity index (χ1n) is 6.86. The molecule has 0 amide bonds. The third kappa shape index (κ3) is 3.00. The summed E-state index contributed by atoms with van der Waals surface area (Å²) >= 11 is 5.94. The molecule has 0 saturated carbocycles. The number of hydrogen-bond donors (Lipinski definition) is 3. The van der Waals surface area contributed by atoms with Crippen LogP contribution in [0.5, 0.6) is 0 Å². The Kier molecular flexibility index (Phi) is 4.06. The van der Waals surface area contributed by atoms with E-state index in [1.165, 1.54) is 12.3 Å². The summed E-state index contributed by atoms with van der Waals surface area (Å²) in [5.74, 6) is 5.90. The molecule has 4 N–H and O–H groups in total. The summed E-state index contributed by atoms with van der Waals surface area (Å²) in [6.45, 7) is 2.90. The van der Waals surface area contributed by atoms with Gasteiger partial charge in [-0.2, -0.15) is 0 Å². The number of anilines is 1. The van der Waals surface area contributed by atoms with Gasteiger partial charge in [0.1, 0.15) is 4.90 Å². The second-order valence-corrected chi connectivity index (χ2v) is 7.63. The number of hydrogen-bond acceptors (Lipinski definition) is 6. The molecule has 4 heterocycles. The molecule has 4 rings (SSSR count). The quantitative estimate of drug-likeness (QED) is 0.545. The highest BCUT2D eigenvalue weighted by molar-refractivity contribution is 7.89. The van der Waals surface area contributed by atoms with Crippen LogP contribution in [0.15, 0.2) is 17.2 Å². The van der Waals surface area contributed by atoms with Gasteiger partial charge in [0.05, 0.1) is 5.02 Å². The van der Waals surface area contributed by atoms with E-state index in [1.54, 1.807) is 0 Å². The lowest BCUT2D eigenvalue weighted by molar-refractivity contribution is 0.0827. The number of nitrogen functional groups attached to an aromatic ring is 1. The van der Waals surface area contributed by atoms with Gasteiger partial charge in [0.2, 0.25) is 10.0 Å². The van der Waals surface area contributed by atoms with Crippen molar-refractivity contribution in [2.45, 2.75) is 23.8 Å². The molecule has 1 unspecified atom stereocenters. The molecule has 0 radical (unpaired) electrons. The molecule has 7 nitrogen and oxygen atoms in total. The number of rotatable bonds is 4. The fourth-order valence-electron chi connectivity index (χ4n) is 3.04. The van der Waals surface area contributed by atoms with Crippen LogP contribution < -0.4 is 16.0 Å². The lowest BCUT2D eigenvalue weighted by Crippen LogP contribution is -2.57. The Morgan fingerprint density at radius 1 is 1.38 bits per heavy atom. The molecule has 0 aromatic carbocycles. The predicted octanol–water partition coefficient (Wildman–Crippen LogP) is 0.393. The van der Waals surface area contributed by atoms with Crippen molar-refractivity contribution in [1.29, 1.82) is 0 Å². The van der Waals surface area contributed by atoms with Crippen molar-refractivity contribution >= 4 is 27.4 Å². The lowest BCUT2D eigenvalue weighted by Gasteiger charge is -2.44. The maximum Gasteiger partial charge on any atom is 0.242 e. The minimum atomic E-state index is -3.62. The van der Waals surface area contributed by atoms with E-state index in [0.717, 1.165) is 32.5 Å². The highest BCUT2D eigenvalue weighted by atomic mass is 35.5. The van der Waals surface area contributed by atoms with Crippen LogP contribution in [-0.4, -0.2) is 44.0 Å². The normalized spacial score (nSPS) is 28.6. The predicted molar refractivity (Wildman–Crippen MR) is 80.3 cm³/mol. The first-order valence-corrected chi connectivity index (χ1v) is 8.72. The van der Waals surface area contributed by atoms with Crippen LogP contribution in [0.3, 0.4) is 0 Å². The number of sulfonamides is 1. The molecule has 0 aliphatic carbocycles. The average Bonchev–Trinajstić information content (AvgIpc) is 2.48. The van der Waals surface area contributed by atoms with E-state index in [4.69, 9.17) is 17.4 Å². The van der Waals surface area contributed by atoms with E-state index >= 15 is 0 Å². The van der Waals surface area contributed by atoms with Crippen molar-refractivity contribution in [1.82, 2.24) is 14.6 Å². The highest BCUT2D eigenvalue weighted by Crippen LogP contribution is 2.29. The van der Waals surface area contributed by atoms with Gasteiger partial charge in [-0.25, -0.2) is 24.0 Å². The topological polar surface area (TPSA) is 100 Å². The Labute approximate surface area is 128 Å². The average molecular weight is 332 g/mol. The Morgan fingerprint density at radius 2 is 2.10 bits per heavy atom. The molecule has 116 valence electrons. The maximum atomic E-state index is 12.4. The molecule has 3 saturated heterocycles. The number of hydrazine groups is 1. The number of pyridine rings is 1. The summed E-state index contributed by atoms with van der Waals surface area (Å²) in [4.78, 5) is 6.26. The zero-order valence-electron chi connectivity index (χ0n) is 11.4. The van der Waals surface area contributed by atoms with Crippen LogP contribution >= 0.6 is 11.6 Å². The molecular weight excluding hydrogens is 314 g/mol. The Hall–Kier alpha value is -0.930. The first kappa shape index (κ1) is 15.0. The molecule has 1 atom stereocenters. The molecule has 21 heavy (non-hydrogen) atoms. The van der Waals surface area contributed by atoms with Crippen LogP contribution in [0.25, 0.3) is 0 Å². The van der Waals surface area contributed by atoms with Crippen molar-refractivity contribution < 1.29 is 8.42 Å². The van der Waals surface area contributed by atoms with Crippen molar-refractivity contribution in [2.24, 2.45) is 11.8 Å². The van der Waals surface area contributed by atoms with Gasteiger partial charge in [0, 0.05) is 18.8 Å².